The molecule has 0 fully saturated rings. The Morgan fingerprint density at radius 3 is 2.87 bits per heavy atom. The van der Waals surface area contributed by atoms with E-state index in [0.29, 0.717) is 6.61 Å². The molecule has 0 saturated carbocycles. The maximum Gasteiger partial charge on any atom is 0.119 e. The van der Waals surface area contributed by atoms with Gasteiger partial charge in [0.1, 0.15) is 5.75 Å². The molecule has 0 amide bonds. The van der Waals surface area contributed by atoms with Crippen LogP contribution in [-0.2, 0) is 0 Å². The summed E-state index contributed by atoms with van der Waals surface area (Å²) in [5, 5.41) is 8.61. The van der Waals surface area contributed by atoms with Crippen LogP contribution < -0.4 is 10.5 Å². The molecule has 0 radical (unpaired) electrons. The van der Waals surface area contributed by atoms with Crippen LogP contribution in [-0.4, -0.2) is 18.3 Å². The summed E-state index contributed by atoms with van der Waals surface area (Å²) in [7, 11) is 0. The Kier molecular flexibility index (Phi) is 5.15. The van der Waals surface area contributed by atoms with Gasteiger partial charge in [-0.05, 0) is 37.5 Å². The van der Waals surface area contributed by atoms with Crippen LogP contribution in [0.4, 0.5) is 0 Å². The second-order valence-electron chi connectivity index (χ2n) is 3.64. The molecule has 0 aliphatic heterocycles. The molecule has 0 aliphatic rings. The largest absolute Gasteiger partial charge is 0.494 e. The van der Waals surface area contributed by atoms with Crippen LogP contribution in [0.2, 0.25) is 0 Å². The molecule has 15 heavy (non-hydrogen) atoms. The number of ether oxygens (including phenoxy) is 1. The molecule has 3 heteroatoms. The lowest BCUT2D eigenvalue weighted by molar-refractivity contribution is 0.253. The monoisotopic (exact) mass is 209 g/mol. The molecule has 1 rings (SSSR count). The van der Waals surface area contributed by atoms with E-state index in [1.807, 2.05) is 31.2 Å². The van der Waals surface area contributed by atoms with Gasteiger partial charge in [-0.1, -0.05) is 12.1 Å². The van der Waals surface area contributed by atoms with Crippen molar-refractivity contribution < 1.29 is 9.84 Å². The fourth-order valence-electron chi connectivity index (χ4n) is 1.29. The highest BCUT2D eigenvalue weighted by atomic mass is 16.5. The van der Waals surface area contributed by atoms with Gasteiger partial charge in [0, 0.05) is 12.6 Å². The minimum atomic E-state index is 0.0333. The normalized spacial score (nSPS) is 12.5. The number of aliphatic hydroxyl groups excluding tert-OH is 1. The molecule has 0 aromatic heterocycles. The Hall–Kier alpha value is -1.06. The molecule has 0 saturated heterocycles. The molecule has 3 N–H and O–H groups in total. The van der Waals surface area contributed by atoms with Gasteiger partial charge in [-0.3, -0.25) is 0 Å². The molecule has 1 aromatic rings. The predicted octanol–water partition coefficient (Wildman–Crippen LogP) is 1.86. The van der Waals surface area contributed by atoms with Crippen LogP contribution in [0.1, 0.15) is 31.4 Å². The van der Waals surface area contributed by atoms with Crippen molar-refractivity contribution in [3.8, 4) is 5.75 Å². The van der Waals surface area contributed by atoms with Crippen LogP contribution in [0.25, 0.3) is 0 Å². The lowest BCUT2D eigenvalue weighted by Crippen LogP contribution is -2.05. The van der Waals surface area contributed by atoms with E-state index >= 15 is 0 Å². The maximum absolute atomic E-state index is 8.61. The summed E-state index contributed by atoms with van der Waals surface area (Å²) in [4.78, 5) is 0. The van der Waals surface area contributed by atoms with E-state index in [1.165, 1.54) is 0 Å². The van der Waals surface area contributed by atoms with Crippen molar-refractivity contribution in [3.05, 3.63) is 29.8 Å². The van der Waals surface area contributed by atoms with Gasteiger partial charge in [0.25, 0.3) is 0 Å². The highest BCUT2D eigenvalue weighted by Gasteiger charge is 2.00. The average Bonchev–Trinajstić information content (AvgIpc) is 2.25. The first-order chi connectivity index (χ1) is 7.24. The second-order valence-corrected chi connectivity index (χ2v) is 3.64. The van der Waals surface area contributed by atoms with Crippen molar-refractivity contribution in [3.63, 3.8) is 0 Å². The van der Waals surface area contributed by atoms with E-state index in [2.05, 4.69) is 0 Å². The van der Waals surface area contributed by atoms with Crippen LogP contribution in [0.5, 0.6) is 5.75 Å². The van der Waals surface area contributed by atoms with Gasteiger partial charge >= 0.3 is 0 Å². The van der Waals surface area contributed by atoms with Gasteiger partial charge in [-0.15, -0.1) is 0 Å². The molecule has 0 heterocycles. The number of hydrogen-bond donors (Lipinski definition) is 2. The molecular formula is C12H19NO2. The molecule has 1 aromatic carbocycles. The number of nitrogens with two attached hydrogens (primary N) is 1. The van der Waals surface area contributed by atoms with Gasteiger partial charge in [-0.25, -0.2) is 0 Å². The van der Waals surface area contributed by atoms with E-state index in [4.69, 9.17) is 15.6 Å². The van der Waals surface area contributed by atoms with Crippen LogP contribution in [0, 0.1) is 0 Å². The van der Waals surface area contributed by atoms with Crippen LogP contribution >= 0.6 is 0 Å². The number of unbranched alkanes of at least 4 members (excludes halogenated alkanes) is 1. The Labute approximate surface area is 90.9 Å². The molecule has 1 atom stereocenters. The minimum absolute atomic E-state index is 0.0333. The van der Waals surface area contributed by atoms with Crippen LogP contribution in [0.3, 0.4) is 0 Å². The smallest absolute Gasteiger partial charge is 0.119 e. The fraction of sp³-hybridized carbons (Fsp3) is 0.500. The van der Waals surface area contributed by atoms with Crippen molar-refractivity contribution in [2.75, 3.05) is 13.2 Å². The quantitative estimate of drug-likeness (QED) is 0.703. The average molecular weight is 209 g/mol. The molecule has 3 nitrogen and oxygen atoms in total. The molecule has 0 unspecified atom stereocenters. The summed E-state index contributed by atoms with van der Waals surface area (Å²) in [6.07, 6.45) is 1.66. The van der Waals surface area contributed by atoms with Crippen molar-refractivity contribution in [1.29, 1.82) is 0 Å². The SMILES string of the molecule is C[C@H](N)c1cccc(OCCCCO)c1. The minimum Gasteiger partial charge on any atom is -0.494 e. The zero-order valence-electron chi connectivity index (χ0n) is 9.15. The van der Waals surface area contributed by atoms with Gasteiger partial charge in [0.05, 0.1) is 6.61 Å². The summed E-state index contributed by atoms with van der Waals surface area (Å²) in [5.74, 6) is 0.850. The third-order valence-electron chi connectivity index (χ3n) is 2.21. The summed E-state index contributed by atoms with van der Waals surface area (Å²) >= 11 is 0. The van der Waals surface area contributed by atoms with Gasteiger partial charge in [-0.2, -0.15) is 0 Å². The topological polar surface area (TPSA) is 55.5 Å². The molecule has 84 valence electrons. The third-order valence-corrected chi connectivity index (χ3v) is 2.21. The standard InChI is InChI=1S/C12H19NO2/c1-10(13)11-5-4-6-12(9-11)15-8-3-2-7-14/h4-6,9-10,14H,2-3,7-8,13H2,1H3/t10-/m0/s1. The number of benzene rings is 1. The first-order valence-corrected chi connectivity index (χ1v) is 5.33. The highest BCUT2D eigenvalue weighted by Crippen LogP contribution is 2.17. The van der Waals surface area contributed by atoms with E-state index < -0.39 is 0 Å². The summed E-state index contributed by atoms with van der Waals surface area (Å²) in [6, 6.07) is 7.85. The molecular weight excluding hydrogens is 190 g/mol. The summed E-state index contributed by atoms with van der Waals surface area (Å²) in [6.45, 7) is 2.82. The third kappa shape index (κ3) is 4.32. The maximum atomic E-state index is 8.61. The highest BCUT2D eigenvalue weighted by molar-refractivity contribution is 5.30. The fourth-order valence-corrected chi connectivity index (χ4v) is 1.29. The van der Waals surface area contributed by atoms with Crippen molar-refractivity contribution in [2.24, 2.45) is 5.73 Å². The van der Waals surface area contributed by atoms with Crippen molar-refractivity contribution in [2.45, 2.75) is 25.8 Å². The van der Waals surface area contributed by atoms with Crippen molar-refractivity contribution >= 4 is 0 Å². The van der Waals surface area contributed by atoms with Crippen LogP contribution in [0.15, 0.2) is 24.3 Å². The zero-order valence-corrected chi connectivity index (χ0v) is 9.15. The Morgan fingerprint density at radius 2 is 2.20 bits per heavy atom. The lowest BCUT2D eigenvalue weighted by Gasteiger charge is -2.09. The van der Waals surface area contributed by atoms with E-state index in [9.17, 15) is 0 Å². The first kappa shape index (κ1) is 12.0. The van der Waals surface area contributed by atoms with Gasteiger partial charge in [0.2, 0.25) is 0 Å². The van der Waals surface area contributed by atoms with Crippen molar-refractivity contribution in [1.82, 2.24) is 0 Å². The van der Waals surface area contributed by atoms with Gasteiger partial charge < -0.3 is 15.6 Å². The Bertz CT molecular complexity index is 287. The molecule has 0 bridgehead atoms. The predicted molar refractivity (Wildman–Crippen MR) is 60.9 cm³/mol. The number of rotatable bonds is 6. The Balaban J connectivity index is 2.43. The number of hydrogen-bond acceptors (Lipinski definition) is 3. The number of aliphatic hydroxyl groups is 1. The second kappa shape index (κ2) is 6.43. The molecule has 0 spiro atoms. The summed E-state index contributed by atoms with van der Waals surface area (Å²) in [5.41, 5.74) is 6.85. The molecule has 0 aliphatic carbocycles. The van der Waals surface area contributed by atoms with E-state index in [0.717, 1.165) is 24.2 Å². The van der Waals surface area contributed by atoms with E-state index in [-0.39, 0.29) is 12.6 Å². The summed E-state index contributed by atoms with van der Waals surface area (Å²) < 4.78 is 5.53. The lowest BCUT2D eigenvalue weighted by atomic mass is 10.1. The zero-order chi connectivity index (χ0) is 11.1. The van der Waals surface area contributed by atoms with Gasteiger partial charge in [0.15, 0.2) is 0 Å². The Morgan fingerprint density at radius 1 is 1.40 bits per heavy atom. The first-order valence-electron chi connectivity index (χ1n) is 5.33. The van der Waals surface area contributed by atoms with E-state index in [1.54, 1.807) is 0 Å².